The quantitative estimate of drug-likeness (QED) is 0.237. The molecule has 0 aliphatic carbocycles. The summed E-state index contributed by atoms with van der Waals surface area (Å²) in [7, 11) is 0. The molecule has 1 rings (SSSR count). The third-order valence-corrected chi connectivity index (χ3v) is 4.60. The van der Waals surface area contributed by atoms with Crippen molar-refractivity contribution in [1.82, 2.24) is 5.32 Å². The van der Waals surface area contributed by atoms with Gasteiger partial charge in [-0.15, -0.1) is 0 Å². The second-order valence-corrected chi connectivity index (χ2v) is 11.9. The first-order valence-corrected chi connectivity index (χ1v) is 12.5. The second kappa shape index (κ2) is 13.6. The number of rotatable bonds is 11. The Bertz CT molecular complexity index is 832. The molecule has 8 heteroatoms. The van der Waals surface area contributed by atoms with Gasteiger partial charge in [-0.25, -0.2) is 9.59 Å². The average molecular weight is 508 g/mol. The Kier molecular flexibility index (Phi) is 11.9. The SMILES string of the molecule is CC(C)(C)OC(=O)N[C@@H](C[C@@H](CCCOCc1ccccc1)C(=O)OC(C)(C)C)C(=O)OC(C)(C)C. The summed E-state index contributed by atoms with van der Waals surface area (Å²) in [5.41, 5.74) is -1.15. The van der Waals surface area contributed by atoms with E-state index in [0.717, 1.165) is 5.56 Å². The summed E-state index contributed by atoms with van der Waals surface area (Å²) in [5, 5.41) is 2.59. The maximum Gasteiger partial charge on any atom is 0.408 e. The first-order chi connectivity index (χ1) is 16.5. The van der Waals surface area contributed by atoms with Crippen LogP contribution in [-0.4, -0.2) is 47.5 Å². The van der Waals surface area contributed by atoms with Crippen molar-refractivity contribution >= 4 is 18.0 Å². The lowest BCUT2D eigenvalue weighted by molar-refractivity contribution is -0.163. The van der Waals surface area contributed by atoms with Gasteiger partial charge in [-0.05, 0) is 87.1 Å². The number of hydrogen-bond donors (Lipinski definition) is 1. The van der Waals surface area contributed by atoms with Gasteiger partial charge in [0, 0.05) is 6.61 Å². The van der Waals surface area contributed by atoms with Gasteiger partial charge in [-0.1, -0.05) is 30.3 Å². The minimum Gasteiger partial charge on any atom is -0.460 e. The minimum atomic E-state index is -1.08. The molecule has 0 aliphatic heterocycles. The molecule has 2 atom stereocenters. The van der Waals surface area contributed by atoms with Crippen LogP contribution < -0.4 is 5.32 Å². The molecule has 1 aromatic rings. The Morgan fingerprint density at radius 3 is 1.83 bits per heavy atom. The smallest absolute Gasteiger partial charge is 0.408 e. The van der Waals surface area contributed by atoms with Crippen molar-refractivity contribution in [2.75, 3.05) is 6.61 Å². The maximum atomic E-state index is 13.0. The minimum absolute atomic E-state index is 0.0156. The van der Waals surface area contributed by atoms with Crippen molar-refractivity contribution in [2.45, 2.75) is 111 Å². The van der Waals surface area contributed by atoms with Gasteiger partial charge < -0.3 is 24.3 Å². The number of amides is 1. The van der Waals surface area contributed by atoms with Crippen molar-refractivity contribution in [3.05, 3.63) is 35.9 Å². The Morgan fingerprint density at radius 2 is 1.31 bits per heavy atom. The highest BCUT2D eigenvalue weighted by Gasteiger charge is 2.34. The van der Waals surface area contributed by atoms with Gasteiger partial charge in [0.05, 0.1) is 12.5 Å². The number of hydrogen-bond acceptors (Lipinski definition) is 7. The average Bonchev–Trinajstić information content (AvgIpc) is 2.68. The van der Waals surface area contributed by atoms with Crippen LogP contribution in [0.5, 0.6) is 0 Å². The lowest BCUT2D eigenvalue weighted by Gasteiger charge is -2.29. The molecule has 0 heterocycles. The highest BCUT2D eigenvalue weighted by atomic mass is 16.6. The van der Waals surface area contributed by atoms with Crippen molar-refractivity contribution in [3.8, 4) is 0 Å². The molecule has 0 unspecified atom stereocenters. The highest BCUT2D eigenvalue weighted by Crippen LogP contribution is 2.22. The monoisotopic (exact) mass is 507 g/mol. The van der Waals surface area contributed by atoms with Gasteiger partial charge in [-0.2, -0.15) is 0 Å². The molecule has 0 radical (unpaired) electrons. The Balaban J connectivity index is 2.93. The van der Waals surface area contributed by atoms with Crippen LogP contribution in [0.15, 0.2) is 30.3 Å². The van der Waals surface area contributed by atoms with Crippen LogP contribution in [0, 0.1) is 5.92 Å². The summed E-state index contributed by atoms with van der Waals surface area (Å²) in [4.78, 5) is 38.5. The molecule has 1 aromatic carbocycles. The zero-order chi connectivity index (χ0) is 27.6. The largest absolute Gasteiger partial charge is 0.460 e. The van der Waals surface area contributed by atoms with Crippen LogP contribution >= 0.6 is 0 Å². The number of ether oxygens (including phenoxy) is 4. The maximum absolute atomic E-state index is 13.0. The molecule has 1 amide bonds. The first kappa shape index (κ1) is 31.4. The summed E-state index contributed by atoms with van der Waals surface area (Å²) in [6.07, 6.45) is 0.248. The normalized spacial score (nSPS) is 13.9. The van der Waals surface area contributed by atoms with Gasteiger partial charge in [0.15, 0.2) is 0 Å². The van der Waals surface area contributed by atoms with Crippen molar-refractivity contribution in [3.63, 3.8) is 0 Å². The molecule has 1 N–H and O–H groups in total. The predicted octanol–water partition coefficient (Wildman–Crippen LogP) is 5.57. The van der Waals surface area contributed by atoms with Gasteiger partial charge in [0.2, 0.25) is 0 Å². The van der Waals surface area contributed by atoms with Crippen LogP contribution in [0.4, 0.5) is 4.79 Å². The summed E-state index contributed by atoms with van der Waals surface area (Å²) in [6.45, 7) is 16.7. The number of alkyl carbamates (subject to hydrolysis) is 1. The van der Waals surface area contributed by atoms with E-state index in [9.17, 15) is 14.4 Å². The molecule has 0 saturated heterocycles. The summed E-state index contributed by atoms with van der Waals surface area (Å²) in [5.74, 6) is -1.73. The molecule has 0 spiro atoms. The van der Waals surface area contributed by atoms with E-state index in [2.05, 4.69) is 5.32 Å². The summed E-state index contributed by atoms with van der Waals surface area (Å²) < 4.78 is 22.2. The molecule has 0 bridgehead atoms. The third kappa shape index (κ3) is 14.7. The lowest BCUT2D eigenvalue weighted by Crippen LogP contribution is -2.47. The number of nitrogens with one attached hydrogen (secondary N) is 1. The van der Waals surface area contributed by atoms with Crippen LogP contribution in [0.3, 0.4) is 0 Å². The number of esters is 2. The summed E-state index contributed by atoms with van der Waals surface area (Å²) in [6, 6.07) is 8.73. The van der Waals surface area contributed by atoms with Gasteiger partial charge in [0.25, 0.3) is 0 Å². The van der Waals surface area contributed by atoms with E-state index in [0.29, 0.717) is 26.1 Å². The molecule has 204 valence electrons. The predicted molar refractivity (Wildman–Crippen MR) is 138 cm³/mol. The van der Waals surface area contributed by atoms with Crippen LogP contribution in [0.25, 0.3) is 0 Å². The van der Waals surface area contributed by atoms with E-state index in [-0.39, 0.29) is 6.42 Å². The van der Waals surface area contributed by atoms with Gasteiger partial charge in [-0.3, -0.25) is 4.79 Å². The molecular weight excluding hydrogens is 462 g/mol. The zero-order valence-corrected chi connectivity index (χ0v) is 23.4. The van der Waals surface area contributed by atoms with Crippen molar-refractivity contribution in [1.29, 1.82) is 0 Å². The highest BCUT2D eigenvalue weighted by molar-refractivity contribution is 5.83. The lowest BCUT2D eigenvalue weighted by atomic mass is 9.94. The second-order valence-electron chi connectivity index (χ2n) is 11.9. The number of carbonyl (C=O) groups excluding carboxylic acids is 3. The van der Waals surface area contributed by atoms with E-state index in [1.807, 2.05) is 30.3 Å². The van der Waals surface area contributed by atoms with Gasteiger partial charge >= 0.3 is 18.0 Å². The third-order valence-electron chi connectivity index (χ3n) is 4.60. The summed E-state index contributed by atoms with van der Waals surface area (Å²) >= 11 is 0. The number of benzene rings is 1. The van der Waals surface area contributed by atoms with E-state index < -0.39 is 46.8 Å². The number of carbonyl (C=O) groups is 3. The molecular formula is C28H45NO7. The van der Waals surface area contributed by atoms with Gasteiger partial charge in [0.1, 0.15) is 22.8 Å². The van der Waals surface area contributed by atoms with Crippen molar-refractivity contribution in [2.24, 2.45) is 5.92 Å². The van der Waals surface area contributed by atoms with Crippen molar-refractivity contribution < 1.29 is 33.3 Å². The first-order valence-electron chi connectivity index (χ1n) is 12.5. The fourth-order valence-electron chi connectivity index (χ4n) is 3.23. The molecule has 0 aliphatic rings. The molecule has 36 heavy (non-hydrogen) atoms. The standard InChI is InChI=1S/C28H45NO7/c1-26(2,3)34-23(30)21(16-13-17-33-19-20-14-11-10-12-15-20)18-22(24(31)35-27(4,5)6)29-25(32)36-28(7,8)9/h10-12,14-15,21-22H,13,16-19H2,1-9H3,(H,29,32)/t21-,22+/m1/s1. The van der Waals surface area contributed by atoms with Crippen LogP contribution in [0.1, 0.15) is 87.1 Å². The van der Waals surface area contributed by atoms with E-state index in [4.69, 9.17) is 18.9 Å². The topological polar surface area (TPSA) is 100 Å². The van der Waals surface area contributed by atoms with E-state index in [1.165, 1.54) is 0 Å². The molecule has 0 fully saturated rings. The van der Waals surface area contributed by atoms with E-state index >= 15 is 0 Å². The Hall–Kier alpha value is -2.61. The zero-order valence-electron chi connectivity index (χ0n) is 23.4. The molecule has 0 aromatic heterocycles. The van der Waals surface area contributed by atoms with E-state index in [1.54, 1.807) is 62.3 Å². The van der Waals surface area contributed by atoms with Crippen LogP contribution in [-0.2, 0) is 35.1 Å². The fraction of sp³-hybridized carbons (Fsp3) is 0.679. The fourth-order valence-corrected chi connectivity index (χ4v) is 3.23. The Labute approximate surface area is 216 Å². The van der Waals surface area contributed by atoms with Crippen LogP contribution in [0.2, 0.25) is 0 Å². The molecule has 8 nitrogen and oxygen atoms in total. The molecule has 0 saturated carbocycles. The Morgan fingerprint density at radius 1 is 0.778 bits per heavy atom.